The van der Waals surface area contributed by atoms with Gasteiger partial charge in [0.15, 0.2) is 6.10 Å². The van der Waals surface area contributed by atoms with Crippen LogP contribution in [0.5, 0.6) is 5.75 Å². The molecule has 144 valence electrons. The highest BCUT2D eigenvalue weighted by Gasteiger charge is 2.30. The van der Waals surface area contributed by atoms with Gasteiger partial charge in [0.2, 0.25) is 0 Å². The fourth-order valence-corrected chi connectivity index (χ4v) is 3.14. The number of ether oxygens (including phenoxy) is 2. The number of piperidine rings is 1. The molecule has 2 rings (SSSR count). The Morgan fingerprint density at radius 1 is 1.15 bits per heavy atom. The van der Waals surface area contributed by atoms with E-state index in [1.165, 1.54) is 5.56 Å². The Balaban J connectivity index is 1.87. The third-order valence-electron chi connectivity index (χ3n) is 4.81. The van der Waals surface area contributed by atoms with E-state index in [4.69, 9.17) is 9.47 Å². The molecule has 0 N–H and O–H groups in total. The molecule has 1 fully saturated rings. The number of carbonyl (C=O) groups excluding carboxylic acids is 2. The fourth-order valence-electron chi connectivity index (χ4n) is 3.14. The fraction of sp³-hybridized carbons (Fsp3) is 0.619. The van der Waals surface area contributed by atoms with E-state index in [1.807, 2.05) is 31.2 Å². The zero-order valence-corrected chi connectivity index (χ0v) is 16.6. The van der Waals surface area contributed by atoms with Crippen LogP contribution in [0, 0.1) is 5.92 Å². The van der Waals surface area contributed by atoms with Crippen molar-refractivity contribution in [2.75, 3.05) is 19.7 Å². The van der Waals surface area contributed by atoms with Gasteiger partial charge in [0.05, 0.1) is 12.5 Å². The van der Waals surface area contributed by atoms with Crippen LogP contribution in [-0.2, 0) is 19.7 Å². The molecule has 1 amide bonds. The monoisotopic (exact) mass is 361 g/mol. The lowest BCUT2D eigenvalue weighted by Gasteiger charge is -2.32. The summed E-state index contributed by atoms with van der Waals surface area (Å²) in [6.07, 6.45) is 0.754. The lowest BCUT2D eigenvalue weighted by atomic mass is 9.87. The summed E-state index contributed by atoms with van der Waals surface area (Å²) in [5.74, 6) is 0.412. The Labute approximate surface area is 156 Å². The van der Waals surface area contributed by atoms with Crippen molar-refractivity contribution in [3.63, 3.8) is 0 Å². The van der Waals surface area contributed by atoms with Crippen molar-refractivity contribution < 1.29 is 19.1 Å². The van der Waals surface area contributed by atoms with Crippen molar-refractivity contribution in [3.05, 3.63) is 29.8 Å². The first-order valence-electron chi connectivity index (χ1n) is 9.45. The molecule has 1 saturated heterocycles. The molecular formula is C21H31NO4. The lowest BCUT2D eigenvalue weighted by molar-refractivity contribution is -0.152. The average molecular weight is 361 g/mol. The number of hydrogen-bond acceptors (Lipinski definition) is 4. The molecule has 0 saturated carbocycles. The number of likely N-dealkylation sites (tertiary alicyclic amines) is 1. The van der Waals surface area contributed by atoms with Crippen molar-refractivity contribution in [3.8, 4) is 5.75 Å². The van der Waals surface area contributed by atoms with Gasteiger partial charge in [-0.3, -0.25) is 9.59 Å². The van der Waals surface area contributed by atoms with Gasteiger partial charge in [-0.2, -0.15) is 0 Å². The highest BCUT2D eigenvalue weighted by molar-refractivity contribution is 5.81. The van der Waals surface area contributed by atoms with Crippen LogP contribution in [0.15, 0.2) is 24.3 Å². The van der Waals surface area contributed by atoms with Crippen molar-refractivity contribution in [1.82, 2.24) is 4.90 Å². The molecule has 0 aromatic heterocycles. The summed E-state index contributed by atoms with van der Waals surface area (Å²) in [6, 6.07) is 7.91. The first-order valence-corrected chi connectivity index (χ1v) is 9.45. The van der Waals surface area contributed by atoms with Crippen LogP contribution in [0.1, 0.15) is 53.0 Å². The van der Waals surface area contributed by atoms with Gasteiger partial charge < -0.3 is 14.4 Å². The van der Waals surface area contributed by atoms with E-state index < -0.39 is 6.10 Å². The summed E-state index contributed by atoms with van der Waals surface area (Å²) in [4.78, 5) is 26.2. The molecule has 1 atom stereocenters. The second-order valence-corrected chi connectivity index (χ2v) is 7.89. The topological polar surface area (TPSA) is 55.8 Å². The number of carbonyl (C=O) groups is 2. The Kier molecular flexibility index (Phi) is 6.68. The lowest BCUT2D eigenvalue weighted by Crippen LogP contribution is -2.45. The third-order valence-corrected chi connectivity index (χ3v) is 4.81. The van der Waals surface area contributed by atoms with Crippen LogP contribution in [0.4, 0.5) is 0 Å². The van der Waals surface area contributed by atoms with Gasteiger partial charge in [0.25, 0.3) is 5.91 Å². The maximum atomic E-state index is 12.6. The zero-order valence-electron chi connectivity index (χ0n) is 16.6. The van der Waals surface area contributed by atoms with E-state index in [0.717, 1.165) is 0 Å². The zero-order chi connectivity index (χ0) is 19.3. The predicted molar refractivity (Wildman–Crippen MR) is 101 cm³/mol. The van der Waals surface area contributed by atoms with Gasteiger partial charge in [-0.1, -0.05) is 32.9 Å². The molecule has 5 nitrogen and oxygen atoms in total. The van der Waals surface area contributed by atoms with E-state index in [1.54, 1.807) is 11.8 Å². The normalized spacial score (nSPS) is 16.9. The van der Waals surface area contributed by atoms with Crippen LogP contribution in [0.2, 0.25) is 0 Å². The van der Waals surface area contributed by atoms with E-state index in [9.17, 15) is 9.59 Å². The van der Waals surface area contributed by atoms with Crippen LogP contribution in [-0.4, -0.2) is 42.6 Å². The first kappa shape index (κ1) is 20.3. The van der Waals surface area contributed by atoms with Gasteiger partial charge in [-0.25, -0.2) is 0 Å². The summed E-state index contributed by atoms with van der Waals surface area (Å²) < 4.78 is 10.9. The number of benzene rings is 1. The van der Waals surface area contributed by atoms with Crippen molar-refractivity contribution in [2.24, 2.45) is 5.92 Å². The number of esters is 1. The molecule has 1 aromatic rings. The second-order valence-electron chi connectivity index (χ2n) is 7.89. The molecule has 1 aromatic carbocycles. The Morgan fingerprint density at radius 3 is 2.23 bits per heavy atom. The first-order chi connectivity index (χ1) is 12.2. The minimum absolute atomic E-state index is 0.0350. The van der Waals surface area contributed by atoms with Gasteiger partial charge in [-0.05, 0) is 49.8 Å². The summed E-state index contributed by atoms with van der Waals surface area (Å²) in [5.41, 5.74) is 1.31. The quantitative estimate of drug-likeness (QED) is 0.753. The molecule has 26 heavy (non-hydrogen) atoms. The molecule has 1 heterocycles. The van der Waals surface area contributed by atoms with Crippen molar-refractivity contribution in [1.29, 1.82) is 0 Å². The minimum atomic E-state index is -0.547. The smallest absolute Gasteiger partial charge is 0.309 e. The van der Waals surface area contributed by atoms with Gasteiger partial charge in [-0.15, -0.1) is 0 Å². The number of hydrogen-bond donors (Lipinski definition) is 0. The second kappa shape index (κ2) is 8.56. The predicted octanol–water partition coefficient (Wildman–Crippen LogP) is 3.55. The molecule has 0 unspecified atom stereocenters. The van der Waals surface area contributed by atoms with Crippen LogP contribution in [0.25, 0.3) is 0 Å². The van der Waals surface area contributed by atoms with Gasteiger partial charge in [0.1, 0.15) is 5.75 Å². The summed E-state index contributed by atoms with van der Waals surface area (Å²) in [5, 5.41) is 0. The van der Waals surface area contributed by atoms with E-state index in [-0.39, 0.29) is 23.2 Å². The van der Waals surface area contributed by atoms with Crippen molar-refractivity contribution >= 4 is 11.9 Å². The highest BCUT2D eigenvalue weighted by atomic mass is 16.5. The summed E-state index contributed by atoms with van der Waals surface area (Å²) in [6.45, 7) is 11.6. The average Bonchev–Trinajstić information content (AvgIpc) is 2.61. The molecule has 1 aliphatic rings. The van der Waals surface area contributed by atoms with Gasteiger partial charge >= 0.3 is 5.97 Å². The SMILES string of the molecule is CCOC(=O)C1CCN(C(=O)[C@H](C)Oc2ccc(C(C)(C)C)cc2)CC1. The molecule has 0 spiro atoms. The van der Waals surface area contributed by atoms with E-state index in [2.05, 4.69) is 20.8 Å². The molecule has 5 heteroatoms. The van der Waals surface area contributed by atoms with Crippen molar-refractivity contribution in [2.45, 2.75) is 59.0 Å². The molecule has 1 aliphatic heterocycles. The van der Waals surface area contributed by atoms with E-state index >= 15 is 0 Å². The number of nitrogens with zero attached hydrogens (tertiary/aromatic N) is 1. The Morgan fingerprint density at radius 2 is 1.73 bits per heavy atom. The summed E-state index contributed by atoms with van der Waals surface area (Å²) in [7, 11) is 0. The largest absolute Gasteiger partial charge is 0.481 e. The molecule has 0 bridgehead atoms. The highest BCUT2D eigenvalue weighted by Crippen LogP contribution is 2.25. The third kappa shape index (κ3) is 5.23. The van der Waals surface area contributed by atoms with E-state index in [0.29, 0.717) is 38.3 Å². The van der Waals surface area contributed by atoms with Crippen LogP contribution < -0.4 is 4.74 Å². The Hall–Kier alpha value is -2.04. The van der Waals surface area contributed by atoms with Crippen LogP contribution in [0.3, 0.4) is 0 Å². The van der Waals surface area contributed by atoms with Gasteiger partial charge in [0, 0.05) is 13.1 Å². The molecule has 0 aliphatic carbocycles. The van der Waals surface area contributed by atoms with Crippen LogP contribution >= 0.6 is 0 Å². The maximum absolute atomic E-state index is 12.6. The minimum Gasteiger partial charge on any atom is -0.481 e. The number of rotatable bonds is 5. The molecular weight excluding hydrogens is 330 g/mol. The summed E-state index contributed by atoms with van der Waals surface area (Å²) >= 11 is 0. The maximum Gasteiger partial charge on any atom is 0.309 e. The number of amides is 1. The standard InChI is InChI=1S/C21H31NO4/c1-6-25-20(24)16-11-13-22(14-12-16)19(23)15(2)26-18-9-7-17(8-10-18)21(3,4)5/h7-10,15-16H,6,11-14H2,1-5H3/t15-/m0/s1. The Bertz CT molecular complexity index is 610. The molecule has 0 radical (unpaired) electrons.